The third kappa shape index (κ3) is 2.67. The van der Waals surface area contributed by atoms with Gasteiger partial charge in [-0.3, -0.25) is 19.9 Å². The lowest BCUT2D eigenvalue weighted by molar-refractivity contribution is -0.384. The lowest BCUT2D eigenvalue weighted by Crippen LogP contribution is -2.39. The molecule has 0 aliphatic carbocycles. The van der Waals surface area contributed by atoms with Gasteiger partial charge >= 0.3 is 5.97 Å². The molecule has 0 bridgehead atoms. The fraction of sp³-hybridized carbons (Fsp3) is 0.357. The van der Waals surface area contributed by atoms with Gasteiger partial charge in [0.1, 0.15) is 5.82 Å². The van der Waals surface area contributed by atoms with Crippen LogP contribution in [-0.2, 0) is 4.79 Å². The van der Waals surface area contributed by atoms with Gasteiger partial charge in [-0.2, -0.15) is 0 Å². The first-order valence-electron chi connectivity index (χ1n) is 6.93. The van der Waals surface area contributed by atoms with E-state index in [-0.39, 0.29) is 5.69 Å². The SMILES string of the molecule is O=C(O)[C@H]1CCCN(c2cnc3cc([N+](=O)[O-])ccc3n2)C1. The highest BCUT2D eigenvalue weighted by Crippen LogP contribution is 2.24. The molecular weight excluding hydrogens is 288 g/mol. The molecular formula is C14H14N4O4. The van der Waals surface area contributed by atoms with Gasteiger partial charge in [0, 0.05) is 25.2 Å². The Balaban J connectivity index is 1.90. The molecule has 0 saturated carbocycles. The van der Waals surface area contributed by atoms with Crippen LogP contribution >= 0.6 is 0 Å². The van der Waals surface area contributed by atoms with Crippen molar-refractivity contribution in [2.75, 3.05) is 18.0 Å². The Morgan fingerprint density at radius 2 is 2.23 bits per heavy atom. The number of piperidine rings is 1. The summed E-state index contributed by atoms with van der Waals surface area (Å²) in [6, 6.07) is 4.32. The molecule has 8 nitrogen and oxygen atoms in total. The van der Waals surface area contributed by atoms with Crippen LogP contribution < -0.4 is 4.90 Å². The number of carboxylic acid groups (broad SMARTS) is 1. The molecule has 3 rings (SSSR count). The number of benzene rings is 1. The van der Waals surface area contributed by atoms with Crippen molar-refractivity contribution < 1.29 is 14.8 Å². The minimum Gasteiger partial charge on any atom is -0.481 e. The van der Waals surface area contributed by atoms with E-state index in [9.17, 15) is 14.9 Å². The van der Waals surface area contributed by atoms with E-state index in [2.05, 4.69) is 9.97 Å². The smallest absolute Gasteiger partial charge is 0.308 e. The summed E-state index contributed by atoms with van der Waals surface area (Å²) in [5, 5.41) is 19.9. The van der Waals surface area contributed by atoms with Crippen molar-refractivity contribution in [3.8, 4) is 0 Å². The predicted molar refractivity (Wildman–Crippen MR) is 78.8 cm³/mol. The number of carboxylic acids is 1. The van der Waals surface area contributed by atoms with Crippen LogP contribution in [-0.4, -0.2) is 39.1 Å². The molecule has 1 saturated heterocycles. The molecule has 2 aromatic rings. The van der Waals surface area contributed by atoms with Gasteiger partial charge in [0.25, 0.3) is 5.69 Å². The Bertz CT molecular complexity index is 749. The number of hydrogen-bond acceptors (Lipinski definition) is 6. The lowest BCUT2D eigenvalue weighted by Gasteiger charge is -2.31. The van der Waals surface area contributed by atoms with Gasteiger partial charge in [-0.05, 0) is 18.9 Å². The number of non-ortho nitro benzene ring substituents is 1. The lowest BCUT2D eigenvalue weighted by atomic mass is 9.98. The summed E-state index contributed by atoms with van der Waals surface area (Å²) < 4.78 is 0. The zero-order valence-corrected chi connectivity index (χ0v) is 11.7. The summed E-state index contributed by atoms with van der Waals surface area (Å²) in [5.74, 6) is -0.593. The Morgan fingerprint density at radius 1 is 1.41 bits per heavy atom. The van der Waals surface area contributed by atoms with Gasteiger partial charge in [0.2, 0.25) is 0 Å². The first-order valence-corrected chi connectivity index (χ1v) is 6.93. The molecule has 1 aliphatic heterocycles. The molecule has 1 aromatic heterocycles. The van der Waals surface area contributed by atoms with Crippen molar-refractivity contribution in [3.05, 3.63) is 34.5 Å². The predicted octanol–water partition coefficient (Wildman–Crippen LogP) is 1.84. The fourth-order valence-corrected chi connectivity index (χ4v) is 2.64. The van der Waals surface area contributed by atoms with Gasteiger partial charge in [0.05, 0.1) is 28.1 Å². The van der Waals surface area contributed by atoms with Crippen LogP contribution in [0.5, 0.6) is 0 Å². The Kier molecular flexibility index (Phi) is 3.58. The average Bonchev–Trinajstić information content (AvgIpc) is 2.53. The molecule has 1 aromatic carbocycles. The van der Waals surface area contributed by atoms with Gasteiger partial charge in [-0.1, -0.05) is 0 Å². The third-order valence-electron chi connectivity index (χ3n) is 3.82. The summed E-state index contributed by atoms with van der Waals surface area (Å²) in [7, 11) is 0. The topological polar surface area (TPSA) is 109 Å². The number of nitro groups is 1. The Morgan fingerprint density at radius 3 is 2.95 bits per heavy atom. The minimum atomic E-state index is -0.797. The largest absolute Gasteiger partial charge is 0.481 e. The fourth-order valence-electron chi connectivity index (χ4n) is 2.64. The van der Waals surface area contributed by atoms with Crippen LogP contribution in [0.3, 0.4) is 0 Å². The van der Waals surface area contributed by atoms with E-state index in [4.69, 9.17) is 5.11 Å². The van der Waals surface area contributed by atoms with Crippen LogP contribution in [0, 0.1) is 16.0 Å². The maximum Gasteiger partial charge on any atom is 0.308 e. The Hall–Kier alpha value is -2.77. The highest BCUT2D eigenvalue weighted by atomic mass is 16.6. The van der Waals surface area contributed by atoms with E-state index in [1.807, 2.05) is 4.90 Å². The number of fused-ring (bicyclic) bond motifs is 1. The Labute approximate surface area is 125 Å². The number of aliphatic carboxylic acids is 1. The number of anilines is 1. The number of carbonyl (C=O) groups is 1. The van der Waals surface area contributed by atoms with E-state index in [1.54, 1.807) is 6.07 Å². The van der Waals surface area contributed by atoms with Crippen molar-refractivity contribution in [2.24, 2.45) is 5.92 Å². The zero-order chi connectivity index (χ0) is 15.7. The van der Waals surface area contributed by atoms with Gasteiger partial charge in [-0.25, -0.2) is 4.98 Å². The summed E-state index contributed by atoms with van der Waals surface area (Å²) in [6.45, 7) is 1.14. The quantitative estimate of drug-likeness (QED) is 0.680. The molecule has 22 heavy (non-hydrogen) atoms. The summed E-state index contributed by atoms with van der Waals surface area (Å²) >= 11 is 0. The average molecular weight is 302 g/mol. The maximum atomic E-state index is 11.1. The summed E-state index contributed by atoms with van der Waals surface area (Å²) in [4.78, 5) is 31.9. The molecule has 8 heteroatoms. The van der Waals surface area contributed by atoms with E-state index >= 15 is 0 Å². The van der Waals surface area contributed by atoms with Crippen LogP contribution in [0.4, 0.5) is 11.5 Å². The second-order valence-electron chi connectivity index (χ2n) is 5.28. The second-order valence-corrected chi connectivity index (χ2v) is 5.28. The minimum absolute atomic E-state index is 0.0292. The molecule has 114 valence electrons. The molecule has 1 aliphatic rings. The number of nitro benzene ring substituents is 1. The van der Waals surface area contributed by atoms with Crippen molar-refractivity contribution in [1.82, 2.24) is 9.97 Å². The van der Waals surface area contributed by atoms with Crippen molar-refractivity contribution >= 4 is 28.5 Å². The first kappa shape index (κ1) is 14.2. The van der Waals surface area contributed by atoms with Gasteiger partial charge in [-0.15, -0.1) is 0 Å². The maximum absolute atomic E-state index is 11.1. The zero-order valence-electron chi connectivity index (χ0n) is 11.7. The van der Waals surface area contributed by atoms with E-state index in [0.717, 1.165) is 13.0 Å². The molecule has 0 spiro atoms. The van der Waals surface area contributed by atoms with Crippen molar-refractivity contribution in [1.29, 1.82) is 0 Å². The highest BCUT2D eigenvalue weighted by molar-refractivity contribution is 5.78. The van der Waals surface area contributed by atoms with Crippen LogP contribution in [0.25, 0.3) is 11.0 Å². The van der Waals surface area contributed by atoms with Crippen LogP contribution in [0.2, 0.25) is 0 Å². The molecule has 0 unspecified atom stereocenters. The monoisotopic (exact) mass is 302 g/mol. The number of rotatable bonds is 3. The van der Waals surface area contributed by atoms with E-state index in [0.29, 0.717) is 29.8 Å². The first-order chi connectivity index (χ1) is 10.5. The summed E-state index contributed by atoms with van der Waals surface area (Å²) in [5.41, 5.74) is 0.976. The van der Waals surface area contributed by atoms with Gasteiger partial charge in [0.15, 0.2) is 0 Å². The van der Waals surface area contributed by atoms with E-state index < -0.39 is 16.8 Å². The van der Waals surface area contributed by atoms with Crippen molar-refractivity contribution in [3.63, 3.8) is 0 Å². The van der Waals surface area contributed by atoms with Crippen LogP contribution in [0.15, 0.2) is 24.4 Å². The standard InChI is InChI=1S/C14H14N4O4/c19-14(20)9-2-1-5-17(8-9)13-7-15-12-6-10(18(21)22)3-4-11(12)16-13/h3-4,6-7,9H,1-2,5,8H2,(H,19,20)/t9-/m0/s1. The summed E-state index contributed by atoms with van der Waals surface area (Å²) in [6.07, 6.45) is 2.99. The molecule has 0 radical (unpaired) electrons. The molecule has 1 atom stereocenters. The normalized spacial score (nSPS) is 18.4. The van der Waals surface area contributed by atoms with Crippen LogP contribution in [0.1, 0.15) is 12.8 Å². The highest BCUT2D eigenvalue weighted by Gasteiger charge is 2.26. The third-order valence-corrected chi connectivity index (χ3v) is 3.82. The number of aromatic nitrogens is 2. The second kappa shape index (κ2) is 5.55. The molecule has 2 heterocycles. The van der Waals surface area contributed by atoms with Gasteiger partial charge < -0.3 is 10.0 Å². The number of hydrogen-bond donors (Lipinski definition) is 1. The molecule has 0 amide bonds. The van der Waals surface area contributed by atoms with E-state index in [1.165, 1.54) is 18.3 Å². The number of nitrogens with zero attached hydrogens (tertiary/aromatic N) is 4. The van der Waals surface area contributed by atoms with Crippen molar-refractivity contribution in [2.45, 2.75) is 12.8 Å². The molecule has 1 fully saturated rings. The molecule has 1 N–H and O–H groups in total.